The van der Waals surface area contributed by atoms with Gasteiger partial charge >= 0.3 is 0 Å². The first-order valence-corrected chi connectivity index (χ1v) is 8.54. The highest BCUT2D eigenvalue weighted by Gasteiger charge is 2.04. The molecule has 0 bridgehead atoms. The van der Waals surface area contributed by atoms with E-state index in [4.69, 9.17) is 14.2 Å². The van der Waals surface area contributed by atoms with Crippen LogP contribution < -0.4 is 24.8 Å². The number of ether oxygens (including phenoxy) is 3. The van der Waals surface area contributed by atoms with Crippen LogP contribution >= 0.6 is 0 Å². The van der Waals surface area contributed by atoms with Crippen molar-refractivity contribution in [2.75, 3.05) is 39.2 Å². The molecular formula is C20H26N2O4. The van der Waals surface area contributed by atoms with Crippen molar-refractivity contribution < 1.29 is 19.0 Å². The van der Waals surface area contributed by atoms with Crippen molar-refractivity contribution in [3.05, 3.63) is 48.0 Å². The van der Waals surface area contributed by atoms with Crippen LogP contribution in [-0.2, 0) is 11.2 Å². The molecule has 6 nitrogen and oxygen atoms in total. The van der Waals surface area contributed by atoms with E-state index in [9.17, 15) is 4.79 Å². The zero-order valence-corrected chi connectivity index (χ0v) is 15.5. The monoisotopic (exact) mass is 358 g/mol. The van der Waals surface area contributed by atoms with Crippen LogP contribution in [0, 0.1) is 0 Å². The van der Waals surface area contributed by atoms with Gasteiger partial charge in [-0.05, 0) is 54.9 Å². The molecule has 1 amide bonds. The summed E-state index contributed by atoms with van der Waals surface area (Å²) in [5.74, 6) is 2.18. The Balaban J connectivity index is 1.65. The van der Waals surface area contributed by atoms with E-state index in [0.717, 1.165) is 42.4 Å². The highest BCUT2D eigenvalue weighted by Crippen LogP contribution is 2.27. The standard InChI is InChI=1S/C20H26N2O4/c1-15(23)22-17-5-7-18(8-6-17)26-13-12-21-11-10-16-4-9-19(24-2)20(14-16)25-3/h4-9,14,21H,10-13H2,1-3H3,(H,22,23). The normalized spacial score (nSPS) is 10.3. The van der Waals surface area contributed by atoms with Crippen LogP contribution in [0.4, 0.5) is 5.69 Å². The first-order valence-electron chi connectivity index (χ1n) is 8.54. The van der Waals surface area contributed by atoms with Crippen LogP contribution in [0.1, 0.15) is 12.5 Å². The maximum atomic E-state index is 11.0. The molecular weight excluding hydrogens is 332 g/mol. The number of hydrogen-bond donors (Lipinski definition) is 2. The van der Waals surface area contributed by atoms with Crippen molar-refractivity contribution in [2.24, 2.45) is 0 Å². The zero-order chi connectivity index (χ0) is 18.8. The van der Waals surface area contributed by atoms with Gasteiger partial charge in [0.1, 0.15) is 12.4 Å². The molecule has 2 N–H and O–H groups in total. The Hall–Kier alpha value is -2.73. The molecule has 2 aromatic carbocycles. The van der Waals surface area contributed by atoms with Gasteiger partial charge < -0.3 is 24.8 Å². The fourth-order valence-corrected chi connectivity index (χ4v) is 2.47. The molecule has 0 fully saturated rings. The topological polar surface area (TPSA) is 68.8 Å². The van der Waals surface area contributed by atoms with Gasteiger partial charge in [0.2, 0.25) is 5.91 Å². The summed E-state index contributed by atoms with van der Waals surface area (Å²) in [4.78, 5) is 11.0. The molecule has 0 saturated heterocycles. The largest absolute Gasteiger partial charge is 0.493 e. The minimum Gasteiger partial charge on any atom is -0.493 e. The van der Waals surface area contributed by atoms with Crippen molar-refractivity contribution in [1.82, 2.24) is 5.32 Å². The highest BCUT2D eigenvalue weighted by atomic mass is 16.5. The van der Waals surface area contributed by atoms with Gasteiger partial charge in [-0.15, -0.1) is 0 Å². The lowest BCUT2D eigenvalue weighted by Crippen LogP contribution is -2.23. The Labute approximate surface area is 154 Å². The fourth-order valence-electron chi connectivity index (χ4n) is 2.47. The third kappa shape index (κ3) is 6.29. The second-order valence-corrected chi connectivity index (χ2v) is 5.74. The molecule has 2 rings (SSSR count). The number of hydrogen-bond acceptors (Lipinski definition) is 5. The molecule has 0 spiro atoms. The van der Waals surface area contributed by atoms with Gasteiger partial charge in [0.15, 0.2) is 11.5 Å². The molecule has 0 radical (unpaired) electrons. The number of methoxy groups -OCH3 is 2. The maximum Gasteiger partial charge on any atom is 0.221 e. The number of carbonyl (C=O) groups is 1. The van der Waals surface area contributed by atoms with Gasteiger partial charge in [0.05, 0.1) is 14.2 Å². The molecule has 0 unspecified atom stereocenters. The highest BCUT2D eigenvalue weighted by molar-refractivity contribution is 5.88. The Morgan fingerprint density at radius 1 is 0.962 bits per heavy atom. The van der Waals surface area contributed by atoms with Gasteiger partial charge in [0.25, 0.3) is 0 Å². The van der Waals surface area contributed by atoms with Crippen LogP contribution in [0.2, 0.25) is 0 Å². The number of rotatable bonds is 10. The summed E-state index contributed by atoms with van der Waals surface area (Å²) >= 11 is 0. The summed E-state index contributed by atoms with van der Waals surface area (Å²) < 4.78 is 16.2. The van der Waals surface area contributed by atoms with Gasteiger partial charge in [-0.25, -0.2) is 0 Å². The number of nitrogens with one attached hydrogen (secondary N) is 2. The van der Waals surface area contributed by atoms with Crippen molar-refractivity contribution in [3.63, 3.8) is 0 Å². The quantitative estimate of drug-likeness (QED) is 0.639. The fraction of sp³-hybridized carbons (Fsp3) is 0.350. The van der Waals surface area contributed by atoms with Crippen LogP contribution in [0.25, 0.3) is 0 Å². The first kappa shape index (κ1) is 19.6. The summed E-state index contributed by atoms with van der Waals surface area (Å²) in [6.07, 6.45) is 0.895. The van der Waals surface area contributed by atoms with Gasteiger partial charge in [-0.3, -0.25) is 4.79 Å². The molecule has 26 heavy (non-hydrogen) atoms. The van der Waals surface area contributed by atoms with E-state index in [2.05, 4.69) is 10.6 Å². The van der Waals surface area contributed by atoms with Gasteiger partial charge in [-0.2, -0.15) is 0 Å². The number of amides is 1. The second kappa shape index (κ2) is 10.3. The van der Waals surface area contributed by atoms with Crippen LogP contribution in [0.3, 0.4) is 0 Å². The molecule has 0 aromatic heterocycles. The van der Waals surface area contributed by atoms with Crippen LogP contribution in [-0.4, -0.2) is 39.8 Å². The predicted molar refractivity (Wildman–Crippen MR) is 102 cm³/mol. The zero-order valence-electron chi connectivity index (χ0n) is 15.5. The summed E-state index contributed by atoms with van der Waals surface area (Å²) in [5.41, 5.74) is 1.95. The molecule has 0 saturated carbocycles. The molecule has 0 aliphatic heterocycles. The van der Waals surface area contributed by atoms with E-state index in [1.54, 1.807) is 14.2 Å². The Morgan fingerprint density at radius 3 is 2.35 bits per heavy atom. The van der Waals surface area contributed by atoms with Crippen LogP contribution in [0.5, 0.6) is 17.2 Å². The lowest BCUT2D eigenvalue weighted by atomic mass is 10.1. The first-order chi connectivity index (χ1) is 12.6. The molecule has 0 heterocycles. The molecule has 2 aromatic rings. The molecule has 0 aliphatic rings. The average molecular weight is 358 g/mol. The Kier molecular flexibility index (Phi) is 7.76. The predicted octanol–water partition coefficient (Wildman–Crippen LogP) is 2.87. The van der Waals surface area contributed by atoms with Crippen LogP contribution in [0.15, 0.2) is 42.5 Å². The van der Waals surface area contributed by atoms with Crippen molar-refractivity contribution in [3.8, 4) is 17.2 Å². The van der Waals surface area contributed by atoms with Gasteiger partial charge in [0, 0.05) is 19.2 Å². The SMILES string of the molecule is COc1ccc(CCNCCOc2ccc(NC(C)=O)cc2)cc1OC. The number of benzene rings is 2. The lowest BCUT2D eigenvalue weighted by molar-refractivity contribution is -0.114. The van der Waals surface area contributed by atoms with Crippen molar-refractivity contribution in [2.45, 2.75) is 13.3 Å². The van der Waals surface area contributed by atoms with Crippen molar-refractivity contribution >= 4 is 11.6 Å². The number of anilines is 1. The third-order valence-corrected chi connectivity index (χ3v) is 3.76. The van der Waals surface area contributed by atoms with E-state index in [1.165, 1.54) is 12.5 Å². The molecule has 0 aliphatic carbocycles. The summed E-state index contributed by atoms with van der Waals surface area (Å²) in [7, 11) is 3.27. The molecule has 140 valence electrons. The van der Waals surface area contributed by atoms with E-state index in [1.807, 2.05) is 42.5 Å². The summed E-state index contributed by atoms with van der Waals surface area (Å²) in [5, 5.41) is 6.08. The number of carbonyl (C=O) groups excluding carboxylic acids is 1. The minimum atomic E-state index is -0.0858. The van der Waals surface area contributed by atoms with E-state index >= 15 is 0 Å². The van der Waals surface area contributed by atoms with E-state index in [0.29, 0.717) is 6.61 Å². The van der Waals surface area contributed by atoms with E-state index in [-0.39, 0.29) is 5.91 Å². The second-order valence-electron chi connectivity index (χ2n) is 5.74. The summed E-state index contributed by atoms with van der Waals surface area (Å²) in [6, 6.07) is 13.3. The molecule has 0 atom stereocenters. The Morgan fingerprint density at radius 2 is 1.69 bits per heavy atom. The summed E-state index contributed by atoms with van der Waals surface area (Å²) in [6.45, 7) is 3.66. The third-order valence-electron chi connectivity index (χ3n) is 3.76. The van der Waals surface area contributed by atoms with E-state index < -0.39 is 0 Å². The Bertz CT molecular complexity index is 701. The lowest BCUT2D eigenvalue weighted by Gasteiger charge is -2.11. The molecule has 6 heteroatoms. The maximum absolute atomic E-state index is 11.0. The average Bonchev–Trinajstić information content (AvgIpc) is 2.65. The van der Waals surface area contributed by atoms with Crippen molar-refractivity contribution in [1.29, 1.82) is 0 Å². The smallest absolute Gasteiger partial charge is 0.221 e. The van der Waals surface area contributed by atoms with Gasteiger partial charge in [-0.1, -0.05) is 6.07 Å². The minimum absolute atomic E-state index is 0.0858.